The van der Waals surface area contributed by atoms with Crippen LogP contribution in [0.2, 0.25) is 0 Å². The minimum absolute atomic E-state index is 0.0594. The summed E-state index contributed by atoms with van der Waals surface area (Å²) < 4.78 is 12.7. The Hall–Kier alpha value is -0.630. The normalized spacial score (nSPS) is 25.2. The van der Waals surface area contributed by atoms with Crippen molar-refractivity contribution < 1.29 is 9.18 Å². The Bertz CT molecular complexity index is 208. The smallest absolute Gasteiger partial charge is 0.150 e. The molecule has 0 aromatic rings. The van der Waals surface area contributed by atoms with Gasteiger partial charge in [0, 0.05) is 17.0 Å². The fourth-order valence-corrected chi connectivity index (χ4v) is 1.05. The molecule has 0 aromatic heterocycles. The van der Waals surface area contributed by atoms with Gasteiger partial charge in [0.15, 0.2) is 0 Å². The highest BCUT2D eigenvalue weighted by Gasteiger charge is 2.16. The van der Waals surface area contributed by atoms with E-state index in [0.29, 0.717) is 6.29 Å². The SMILES string of the molecule is O=CC1=C(Cl)C=CCC1F. The maximum atomic E-state index is 12.7. The van der Waals surface area contributed by atoms with Gasteiger partial charge in [0.2, 0.25) is 0 Å². The van der Waals surface area contributed by atoms with Crippen molar-refractivity contribution in [3.63, 3.8) is 0 Å². The van der Waals surface area contributed by atoms with Gasteiger partial charge in [-0.3, -0.25) is 4.79 Å². The average Bonchev–Trinajstić information content (AvgIpc) is 1.88. The van der Waals surface area contributed by atoms with Crippen LogP contribution in [0, 0.1) is 0 Å². The van der Waals surface area contributed by atoms with Crippen molar-refractivity contribution in [1.29, 1.82) is 0 Å². The number of allylic oxidation sites excluding steroid dienone is 4. The first-order valence-electron chi connectivity index (χ1n) is 2.91. The molecule has 0 saturated carbocycles. The molecule has 0 N–H and O–H groups in total. The maximum absolute atomic E-state index is 12.7. The second-order valence-electron chi connectivity index (χ2n) is 2.03. The highest BCUT2D eigenvalue weighted by molar-refractivity contribution is 6.33. The van der Waals surface area contributed by atoms with Gasteiger partial charge in [0.05, 0.1) is 0 Å². The Balaban J connectivity index is 2.94. The third-order valence-electron chi connectivity index (χ3n) is 1.35. The summed E-state index contributed by atoms with van der Waals surface area (Å²) in [5.74, 6) is 0. The molecule has 0 aromatic carbocycles. The van der Waals surface area contributed by atoms with Crippen molar-refractivity contribution in [2.45, 2.75) is 12.6 Å². The van der Waals surface area contributed by atoms with Crippen LogP contribution in [-0.4, -0.2) is 12.5 Å². The largest absolute Gasteiger partial charge is 0.298 e. The number of carbonyl (C=O) groups is 1. The van der Waals surface area contributed by atoms with E-state index in [-0.39, 0.29) is 17.0 Å². The van der Waals surface area contributed by atoms with Gasteiger partial charge in [-0.15, -0.1) is 0 Å². The van der Waals surface area contributed by atoms with Gasteiger partial charge >= 0.3 is 0 Å². The molecule has 0 saturated heterocycles. The summed E-state index contributed by atoms with van der Waals surface area (Å²) in [6.07, 6.45) is 2.66. The van der Waals surface area contributed by atoms with Crippen molar-refractivity contribution in [3.8, 4) is 0 Å². The highest BCUT2D eigenvalue weighted by atomic mass is 35.5. The summed E-state index contributed by atoms with van der Waals surface area (Å²) in [6, 6.07) is 0. The molecule has 54 valence electrons. The molecule has 3 heteroatoms. The van der Waals surface area contributed by atoms with Crippen LogP contribution in [0.3, 0.4) is 0 Å². The Kier molecular flexibility index (Phi) is 2.22. The molecule has 0 aliphatic heterocycles. The van der Waals surface area contributed by atoms with Crippen LogP contribution in [0.15, 0.2) is 22.8 Å². The molecule has 0 amide bonds. The molecular formula is C7H6ClFO. The van der Waals surface area contributed by atoms with E-state index in [9.17, 15) is 9.18 Å². The van der Waals surface area contributed by atoms with Crippen LogP contribution in [0.5, 0.6) is 0 Å². The number of hydrogen-bond donors (Lipinski definition) is 0. The summed E-state index contributed by atoms with van der Waals surface area (Å²) in [5.41, 5.74) is 0.0594. The number of aldehydes is 1. The molecule has 1 aliphatic rings. The van der Waals surface area contributed by atoms with E-state index >= 15 is 0 Å². The van der Waals surface area contributed by atoms with Gasteiger partial charge in [-0.1, -0.05) is 17.7 Å². The third-order valence-corrected chi connectivity index (χ3v) is 1.69. The van der Waals surface area contributed by atoms with Crippen LogP contribution in [-0.2, 0) is 4.79 Å². The molecule has 10 heavy (non-hydrogen) atoms. The predicted molar refractivity (Wildman–Crippen MR) is 37.6 cm³/mol. The Labute approximate surface area is 63.2 Å². The molecule has 0 bridgehead atoms. The fourth-order valence-electron chi connectivity index (χ4n) is 0.794. The molecule has 1 nitrogen and oxygen atoms in total. The molecule has 1 unspecified atom stereocenters. The highest BCUT2D eigenvalue weighted by Crippen LogP contribution is 2.22. The van der Waals surface area contributed by atoms with E-state index in [4.69, 9.17) is 11.6 Å². The third kappa shape index (κ3) is 1.27. The van der Waals surface area contributed by atoms with E-state index in [1.807, 2.05) is 0 Å². The molecule has 1 aliphatic carbocycles. The topological polar surface area (TPSA) is 17.1 Å². The minimum Gasteiger partial charge on any atom is -0.298 e. The zero-order valence-corrected chi connectivity index (χ0v) is 5.94. The van der Waals surface area contributed by atoms with Crippen molar-refractivity contribution in [1.82, 2.24) is 0 Å². The van der Waals surface area contributed by atoms with Gasteiger partial charge in [0.25, 0.3) is 0 Å². The standard InChI is InChI=1S/C7H6ClFO/c8-6-2-1-3-7(9)5(6)4-10/h1-2,4,7H,3H2. The van der Waals surface area contributed by atoms with Gasteiger partial charge in [-0.05, 0) is 6.08 Å². The molecular weight excluding hydrogens is 155 g/mol. The van der Waals surface area contributed by atoms with Crippen LogP contribution in [0.25, 0.3) is 0 Å². The number of hydrogen-bond acceptors (Lipinski definition) is 1. The van der Waals surface area contributed by atoms with Crippen LogP contribution in [0.1, 0.15) is 6.42 Å². The van der Waals surface area contributed by atoms with Gasteiger partial charge < -0.3 is 0 Å². The van der Waals surface area contributed by atoms with E-state index in [1.165, 1.54) is 0 Å². The molecule has 0 heterocycles. The zero-order valence-electron chi connectivity index (χ0n) is 5.18. The lowest BCUT2D eigenvalue weighted by Gasteiger charge is -2.09. The quantitative estimate of drug-likeness (QED) is 0.536. The second-order valence-corrected chi connectivity index (χ2v) is 2.43. The van der Waals surface area contributed by atoms with Crippen molar-refractivity contribution in [2.24, 2.45) is 0 Å². The van der Waals surface area contributed by atoms with Crippen molar-refractivity contribution in [2.75, 3.05) is 0 Å². The zero-order chi connectivity index (χ0) is 7.56. The van der Waals surface area contributed by atoms with Crippen molar-refractivity contribution >= 4 is 17.9 Å². The van der Waals surface area contributed by atoms with E-state index in [2.05, 4.69) is 0 Å². The van der Waals surface area contributed by atoms with E-state index < -0.39 is 6.17 Å². The lowest BCUT2D eigenvalue weighted by Crippen LogP contribution is -2.08. The Morgan fingerprint density at radius 2 is 2.50 bits per heavy atom. The predicted octanol–water partition coefficient (Wildman–Crippen LogP) is 1.98. The molecule has 0 radical (unpaired) electrons. The summed E-state index contributed by atoms with van der Waals surface area (Å²) in [7, 11) is 0. The minimum atomic E-state index is -1.21. The molecule has 1 rings (SSSR count). The Morgan fingerprint density at radius 1 is 1.80 bits per heavy atom. The first-order chi connectivity index (χ1) is 4.75. The first-order valence-corrected chi connectivity index (χ1v) is 3.29. The average molecular weight is 161 g/mol. The lowest BCUT2D eigenvalue weighted by atomic mass is 10.0. The summed E-state index contributed by atoms with van der Waals surface area (Å²) in [5, 5.41) is 0.216. The van der Waals surface area contributed by atoms with Gasteiger partial charge in [-0.2, -0.15) is 0 Å². The number of alkyl halides is 1. The van der Waals surface area contributed by atoms with Gasteiger partial charge in [-0.25, -0.2) is 4.39 Å². The summed E-state index contributed by atoms with van der Waals surface area (Å²) in [4.78, 5) is 10.2. The Morgan fingerprint density at radius 3 is 2.90 bits per heavy atom. The molecule has 0 fully saturated rings. The number of rotatable bonds is 1. The lowest BCUT2D eigenvalue weighted by molar-refractivity contribution is -0.105. The van der Waals surface area contributed by atoms with Crippen LogP contribution in [0.4, 0.5) is 4.39 Å². The molecule has 0 spiro atoms. The fraction of sp³-hybridized carbons (Fsp3) is 0.286. The van der Waals surface area contributed by atoms with Crippen LogP contribution < -0.4 is 0 Å². The number of halogens is 2. The molecule has 1 atom stereocenters. The van der Waals surface area contributed by atoms with E-state index in [1.54, 1.807) is 12.2 Å². The number of carbonyl (C=O) groups excluding carboxylic acids is 1. The first kappa shape index (κ1) is 7.48. The summed E-state index contributed by atoms with van der Waals surface area (Å²) in [6.45, 7) is 0. The van der Waals surface area contributed by atoms with Crippen molar-refractivity contribution in [3.05, 3.63) is 22.8 Å². The summed E-state index contributed by atoms with van der Waals surface area (Å²) >= 11 is 5.50. The monoisotopic (exact) mass is 160 g/mol. The maximum Gasteiger partial charge on any atom is 0.150 e. The van der Waals surface area contributed by atoms with Gasteiger partial charge in [0.1, 0.15) is 12.5 Å². The second kappa shape index (κ2) is 2.97. The van der Waals surface area contributed by atoms with Crippen LogP contribution >= 0.6 is 11.6 Å². The van der Waals surface area contributed by atoms with E-state index in [0.717, 1.165) is 0 Å².